The van der Waals surface area contributed by atoms with Crippen molar-refractivity contribution in [2.45, 2.75) is 6.92 Å². The smallest absolute Gasteiger partial charge is 0.280 e. The highest BCUT2D eigenvalue weighted by Gasteiger charge is 2.36. The van der Waals surface area contributed by atoms with Gasteiger partial charge in [-0.1, -0.05) is 29.8 Å². The molecule has 0 bridgehead atoms. The van der Waals surface area contributed by atoms with Crippen LogP contribution in [0, 0.1) is 6.92 Å². The number of halogens is 1. The number of amides is 2. The van der Waals surface area contributed by atoms with Crippen molar-refractivity contribution < 1.29 is 9.59 Å². The van der Waals surface area contributed by atoms with Crippen molar-refractivity contribution in [1.82, 2.24) is 10.4 Å². The summed E-state index contributed by atoms with van der Waals surface area (Å²) in [5, 5.41) is 4.56. The molecule has 23 heavy (non-hydrogen) atoms. The SMILES string of the molecule is Cc1c(Cl)cccc1NC(=S)NN1C(=O)c2ccccc2C1=O. The van der Waals surface area contributed by atoms with Gasteiger partial charge < -0.3 is 5.32 Å². The van der Waals surface area contributed by atoms with Gasteiger partial charge in [-0.2, -0.15) is 5.01 Å². The Morgan fingerprint density at radius 3 is 2.26 bits per heavy atom. The van der Waals surface area contributed by atoms with Gasteiger partial charge in [-0.3, -0.25) is 15.0 Å². The summed E-state index contributed by atoms with van der Waals surface area (Å²) in [6.07, 6.45) is 0. The number of anilines is 1. The highest BCUT2D eigenvalue weighted by Crippen LogP contribution is 2.23. The van der Waals surface area contributed by atoms with Crippen LogP contribution in [-0.4, -0.2) is 21.9 Å². The van der Waals surface area contributed by atoms with Crippen LogP contribution in [0.4, 0.5) is 5.69 Å². The fourth-order valence-electron chi connectivity index (χ4n) is 2.29. The van der Waals surface area contributed by atoms with Crippen molar-refractivity contribution >= 4 is 46.4 Å². The van der Waals surface area contributed by atoms with Crippen molar-refractivity contribution in [3.63, 3.8) is 0 Å². The van der Waals surface area contributed by atoms with E-state index in [9.17, 15) is 9.59 Å². The Bertz CT molecular complexity index is 803. The van der Waals surface area contributed by atoms with E-state index in [0.29, 0.717) is 21.8 Å². The third-order valence-corrected chi connectivity index (χ3v) is 4.13. The monoisotopic (exact) mass is 345 g/mol. The van der Waals surface area contributed by atoms with Gasteiger partial charge in [0.1, 0.15) is 0 Å². The zero-order valence-electron chi connectivity index (χ0n) is 12.1. The number of hydrogen-bond acceptors (Lipinski definition) is 3. The number of nitrogens with one attached hydrogen (secondary N) is 2. The first-order valence-electron chi connectivity index (χ1n) is 6.79. The van der Waals surface area contributed by atoms with E-state index in [-0.39, 0.29) is 5.11 Å². The molecule has 116 valence electrons. The minimum Gasteiger partial charge on any atom is -0.331 e. The molecule has 0 fully saturated rings. The van der Waals surface area contributed by atoms with Crippen LogP contribution in [0.25, 0.3) is 0 Å². The average molecular weight is 346 g/mol. The third kappa shape index (κ3) is 2.78. The minimum atomic E-state index is -0.433. The van der Waals surface area contributed by atoms with Crippen LogP contribution in [-0.2, 0) is 0 Å². The molecule has 2 N–H and O–H groups in total. The molecule has 1 heterocycles. The van der Waals surface area contributed by atoms with E-state index in [4.69, 9.17) is 23.8 Å². The summed E-state index contributed by atoms with van der Waals surface area (Å²) in [4.78, 5) is 24.5. The normalized spacial score (nSPS) is 13.0. The Morgan fingerprint density at radius 2 is 1.65 bits per heavy atom. The van der Waals surface area contributed by atoms with Crippen molar-refractivity contribution in [2.24, 2.45) is 0 Å². The number of hydrogen-bond donors (Lipinski definition) is 2. The summed E-state index contributed by atoms with van der Waals surface area (Å²) in [6, 6.07) is 12.0. The lowest BCUT2D eigenvalue weighted by Gasteiger charge is -2.18. The van der Waals surface area contributed by atoms with Crippen molar-refractivity contribution in [2.75, 3.05) is 5.32 Å². The second kappa shape index (κ2) is 5.98. The molecule has 2 amide bonds. The summed E-state index contributed by atoms with van der Waals surface area (Å²) in [5.41, 5.74) is 4.86. The molecule has 1 aliphatic rings. The number of thiocarbonyl (C=S) groups is 1. The molecule has 0 saturated carbocycles. The minimum absolute atomic E-state index is 0.130. The number of imide groups is 1. The van der Waals surface area contributed by atoms with Gasteiger partial charge in [0.15, 0.2) is 5.11 Å². The molecule has 2 aromatic carbocycles. The molecule has 0 aliphatic carbocycles. The van der Waals surface area contributed by atoms with Crippen molar-refractivity contribution in [3.8, 4) is 0 Å². The fraction of sp³-hybridized carbons (Fsp3) is 0.0625. The second-order valence-electron chi connectivity index (χ2n) is 4.97. The highest BCUT2D eigenvalue weighted by atomic mass is 35.5. The Kier molecular flexibility index (Phi) is 4.02. The summed E-state index contributed by atoms with van der Waals surface area (Å²) >= 11 is 11.2. The van der Waals surface area contributed by atoms with Gasteiger partial charge in [0.25, 0.3) is 11.8 Å². The predicted octanol–water partition coefficient (Wildman–Crippen LogP) is 3.15. The Labute approximate surface area is 143 Å². The fourth-order valence-corrected chi connectivity index (χ4v) is 2.66. The number of hydrazine groups is 1. The van der Waals surface area contributed by atoms with E-state index in [1.54, 1.807) is 42.5 Å². The maximum absolute atomic E-state index is 12.3. The zero-order chi connectivity index (χ0) is 16.6. The topological polar surface area (TPSA) is 61.4 Å². The number of fused-ring (bicyclic) bond motifs is 1. The van der Waals surface area contributed by atoms with E-state index < -0.39 is 11.8 Å². The lowest BCUT2D eigenvalue weighted by atomic mass is 10.1. The zero-order valence-corrected chi connectivity index (χ0v) is 13.7. The first-order valence-corrected chi connectivity index (χ1v) is 7.58. The van der Waals surface area contributed by atoms with Crippen LogP contribution in [0.1, 0.15) is 26.3 Å². The van der Waals surface area contributed by atoms with Gasteiger partial charge in [0.05, 0.1) is 11.1 Å². The Morgan fingerprint density at radius 1 is 1.04 bits per heavy atom. The van der Waals surface area contributed by atoms with Crippen molar-refractivity contribution in [1.29, 1.82) is 0 Å². The first kappa shape index (κ1) is 15.5. The summed E-state index contributed by atoms with van der Waals surface area (Å²) < 4.78 is 0. The van der Waals surface area contributed by atoms with Gasteiger partial charge in [-0.25, -0.2) is 0 Å². The third-order valence-electron chi connectivity index (χ3n) is 3.52. The molecule has 0 radical (unpaired) electrons. The van der Waals surface area contributed by atoms with Gasteiger partial charge in [-0.15, -0.1) is 0 Å². The van der Waals surface area contributed by atoms with E-state index in [0.717, 1.165) is 10.6 Å². The predicted molar refractivity (Wildman–Crippen MR) is 92.5 cm³/mol. The van der Waals surface area contributed by atoms with Crippen LogP contribution in [0.3, 0.4) is 0 Å². The summed E-state index contributed by atoms with van der Waals surface area (Å²) in [6.45, 7) is 1.84. The van der Waals surface area contributed by atoms with E-state index in [1.807, 2.05) is 6.92 Å². The maximum atomic E-state index is 12.3. The highest BCUT2D eigenvalue weighted by molar-refractivity contribution is 7.80. The molecule has 0 spiro atoms. The molecular weight excluding hydrogens is 334 g/mol. The second-order valence-corrected chi connectivity index (χ2v) is 5.79. The average Bonchev–Trinajstić information content (AvgIpc) is 2.77. The molecule has 0 aromatic heterocycles. The number of nitrogens with zero attached hydrogens (tertiary/aromatic N) is 1. The molecular formula is C16H12ClN3O2S. The Hall–Kier alpha value is -2.44. The lowest BCUT2D eigenvalue weighted by Crippen LogP contribution is -2.47. The standard InChI is InChI=1S/C16H12ClN3O2S/c1-9-12(17)7-4-8-13(9)18-16(23)19-20-14(21)10-5-2-3-6-11(10)15(20)22/h2-8H,1H3,(H2,18,19,23). The van der Waals surface area contributed by atoms with E-state index in [1.165, 1.54) is 0 Å². The first-order chi connectivity index (χ1) is 11.0. The molecule has 1 aliphatic heterocycles. The lowest BCUT2D eigenvalue weighted by molar-refractivity contribution is 0.0613. The number of benzene rings is 2. The van der Waals surface area contributed by atoms with E-state index >= 15 is 0 Å². The van der Waals surface area contributed by atoms with E-state index in [2.05, 4.69) is 10.7 Å². The number of carbonyl (C=O) groups excluding carboxylic acids is 2. The van der Waals surface area contributed by atoms with Gasteiger partial charge in [0, 0.05) is 10.7 Å². The molecule has 0 atom stereocenters. The molecule has 7 heteroatoms. The van der Waals surface area contributed by atoms with Crippen LogP contribution in [0.5, 0.6) is 0 Å². The number of carbonyl (C=O) groups is 2. The number of rotatable bonds is 2. The molecule has 3 rings (SSSR count). The molecule has 0 unspecified atom stereocenters. The van der Waals surface area contributed by atoms with Crippen LogP contribution in [0.15, 0.2) is 42.5 Å². The van der Waals surface area contributed by atoms with Gasteiger partial charge in [-0.05, 0) is 49.0 Å². The van der Waals surface area contributed by atoms with Gasteiger partial charge >= 0.3 is 0 Å². The molecule has 5 nitrogen and oxygen atoms in total. The van der Waals surface area contributed by atoms with Crippen LogP contribution < -0.4 is 10.7 Å². The molecule has 0 saturated heterocycles. The maximum Gasteiger partial charge on any atom is 0.280 e. The quantitative estimate of drug-likeness (QED) is 0.646. The van der Waals surface area contributed by atoms with Crippen molar-refractivity contribution in [3.05, 3.63) is 64.2 Å². The van der Waals surface area contributed by atoms with Crippen LogP contribution >= 0.6 is 23.8 Å². The largest absolute Gasteiger partial charge is 0.331 e. The van der Waals surface area contributed by atoms with Gasteiger partial charge in [0.2, 0.25) is 0 Å². The molecule has 2 aromatic rings. The van der Waals surface area contributed by atoms with Crippen LogP contribution in [0.2, 0.25) is 5.02 Å². The Balaban J connectivity index is 1.76. The summed E-state index contributed by atoms with van der Waals surface area (Å²) in [5.74, 6) is -0.866. The summed E-state index contributed by atoms with van der Waals surface area (Å²) in [7, 11) is 0.